The minimum absolute atomic E-state index is 0.117. The van der Waals surface area contributed by atoms with Crippen LogP contribution in [0.25, 0.3) is 0 Å². The highest BCUT2D eigenvalue weighted by Gasteiger charge is 2.17. The molecular weight excluding hydrogens is 318 g/mol. The summed E-state index contributed by atoms with van der Waals surface area (Å²) in [7, 11) is 0. The Balaban J connectivity index is 1.71. The number of nitrogens with one attached hydrogen (secondary N) is 1. The summed E-state index contributed by atoms with van der Waals surface area (Å²) in [6.45, 7) is 7.54. The van der Waals surface area contributed by atoms with E-state index in [1.54, 1.807) is 6.07 Å². The molecule has 5 nitrogen and oxygen atoms in total. The molecule has 0 radical (unpaired) electrons. The molecule has 5 heteroatoms. The summed E-state index contributed by atoms with van der Waals surface area (Å²) in [6, 6.07) is 11.1. The van der Waals surface area contributed by atoms with Crippen LogP contribution in [-0.4, -0.2) is 25.7 Å². The highest BCUT2D eigenvalue weighted by atomic mass is 16.6. The lowest BCUT2D eigenvalue weighted by Crippen LogP contribution is -2.27. The fourth-order valence-electron chi connectivity index (χ4n) is 2.80. The van der Waals surface area contributed by atoms with Gasteiger partial charge in [-0.1, -0.05) is 6.07 Å². The summed E-state index contributed by atoms with van der Waals surface area (Å²) in [5.41, 5.74) is 2.53. The summed E-state index contributed by atoms with van der Waals surface area (Å²) in [4.78, 5) is 12.5. The molecular formula is C20H23NO4. The zero-order chi connectivity index (χ0) is 17.8. The molecule has 0 saturated carbocycles. The van der Waals surface area contributed by atoms with Crippen molar-refractivity contribution in [1.82, 2.24) is 5.32 Å². The second-order valence-corrected chi connectivity index (χ2v) is 6.01. The Morgan fingerprint density at radius 2 is 1.92 bits per heavy atom. The number of rotatable bonds is 5. The number of ether oxygens (including phenoxy) is 3. The van der Waals surface area contributed by atoms with E-state index in [1.807, 2.05) is 51.1 Å². The number of carbonyl (C=O) groups is 1. The average molecular weight is 341 g/mol. The van der Waals surface area contributed by atoms with E-state index in [-0.39, 0.29) is 11.9 Å². The molecule has 2 aromatic rings. The van der Waals surface area contributed by atoms with Crippen LogP contribution in [0.4, 0.5) is 0 Å². The van der Waals surface area contributed by atoms with Crippen molar-refractivity contribution in [3.05, 3.63) is 53.1 Å². The highest BCUT2D eigenvalue weighted by molar-refractivity contribution is 5.94. The molecule has 132 valence electrons. The lowest BCUT2D eigenvalue weighted by atomic mass is 10.1. The normalized spacial score (nSPS) is 13.9. The SMILES string of the molecule is CCOc1ccc(C(=O)N[C@@H](C)c2ccc3c(c2)OCCO3)cc1C. The van der Waals surface area contributed by atoms with Gasteiger partial charge in [0.2, 0.25) is 0 Å². The van der Waals surface area contributed by atoms with Crippen molar-refractivity contribution in [3.63, 3.8) is 0 Å². The third kappa shape index (κ3) is 3.87. The van der Waals surface area contributed by atoms with Crippen LogP contribution in [0, 0.1) is 6.92 Å². The number of hydrogen-bond donors (Lipinski definition) is 1. The summed E-state index contributed by atoms with van der Waals surface area (Å²) < 4.78 is 16.6. The van der Waals surface area contributed by atoms with Crippen molar-refractivity contribution in [2.24, 2.45) is 0 Å². The molecule has 1 N–H and O–H groups in total. The maximum atomic E-state index is 12.5. The average Bonchev–Trinajstić information content (AvgIpc) is 2.63. The van der Waals surface area contributed by atoms with Gasteiger partial charge in [0.1, 0.15) is 19.0 Å². The Bertz CT molecular complexity index is 772. The number of carbonyl (C=O) groups excluding carboxylic acids is 1. The van der Waals surface area contributed by atoms with Crippen LogP contribution in [-0.2, 0) is 0 Å². The zero-order valence-electron chi connectivity index (χ0n) is 14.8. The number of amides is 1. The van der Waals surface area contributed by atoms with E-state index in [4.69, 9.17) is 14.2 Å². The minimum Gasteiger partial charge on any atom is -0.494 e. The summed E-state index contributed by atoms with van der Waals surface area (Å²) in [6.07, 6.45) is 0. The van der Waals surface area contributed by atoms with Gasteiger partial charge < -0.3 is 19.5 Å². The Hall–Kier alpha value is -2.69. The van der Waals surface area contributed by atoms with E-state index >= 15 is 0 Å². The molecule has 0 spiro atoms. The molecule has 0 fully saturated rings. The summed E-state index contributed by atoms with van der Waals surface area (Å²) in [5.74, 6) is 2.16. The van der Waals surface area contributed by atoms with Gasteiger partial charge in [0, 0.05) is 5.56 Å². The smallest absolute Gasteiger partial charge is 0.251 e. The fourth-order valence-corrected chi connectivity index (χ4v) is 2.80. The van der Waals surface area contributed by atoms with Crippen molar-refractivity contribution in [1.29, 1.82) is 0 Å². The van der Waals surface area contributed by atoms with E-state index in [9.17, 15) is 4.79 Å². The Morgan fingerprint density at radius 3 is 2.64 bits per heavy atom. The third-order valence-corrected chi connectivity index (χ3v) is 4.15. The topological polar surface area (TPSA) is 56.8 Å². The molecule has 1 aliphatic heterocycles. The first-order valence-corrected chi connectivity index (χ1v) is 8.52. The predicted octanol–water partition coefficient (Wildman–Crippen LogP) is 3.66. The number of aryl methyl sites for hydroxylation is 1. The molecule has 3 rings (SSSR count). The molecule has 1 heterocycles. The first-order valence-electron chi connectivity index (χ1n) is 8.52. The Morgan fingerprint density at radius 1 is 1.16 bits per heavy atom. The van der Waals surface area contributed by atoms with Crippen LogP contribution in [0.15, 0.2) is 36.4 Å². The first kappa shape index (κ1) is 17.1. The second-order valence-electron chi connectivity index (χ2n) is 6.01. The fraction of sp³-hybridized carbons (Fsp3) is 0.350. The molecule has 0 saturated heterocycles. The molecule has 1 aliphatic rings. The molecule has 0 unspecified atom stereocenters. The molecule has 1 atom stereocenters. The number of benzene rings is 2. The van der Waals surface area contributed by atoms with Crippen LogP contribution in [0.1, 0.15) is 41.4 Å². The zero-order valence-corrected chi connectivity index (χ0v) is 14.8. The lowest BCUT2D eigenvalue weighted by molar-refractivity contribution is 0.0939. The van der Waals surface area contributed by atoms with Gasteiger partial charge in [-0.25, -0.2) is 0 Å². The van der Waals surface area contributed by atoms with Crippen molar-refractivity contribution >= 4 is 5.91 Å². The summed E-state index contributed by atoms with van der Waals surface area (Å²) >= 11 is 0. The van der Waals surface area contributed by atoms with Gasteiger partial charge in [-0.15, -0.1) is 0 Å². The second kappa shape index (κ2) is 7.47. The van der Waals surface area contributed by atoms with Crippen LogP contribution in [0.5, 0.6) is 17.2 Å². The Labute approximate surface area is 147 Å². The lowest BCUT2D eigenvalue weighted by Gasteiger charge is -2.21. The first-order chi connectivity index (χ1) is 12.1. The van der Waals surface area contributed by atoms with E-state index in [2.05, 4.69) is 5.32 Å². The maximum Gasteiger partial charge on any atom is 0.251 e. The van der Waals surface area contributed by atoms with E-state index in [1.165, 1.54) is 0 Å². The van der Waals surface area contributed by atoms with Gasteiger partial charge in [-0.05, 0) is 62.2 Å². The quantitative estimate of drug-likeness (QED) is 0.902. The van der Waals surface area contributed by atoms with Crippen molar-refractivity contribution in [2.75, 3.05) is 19.8 Å². The molecule has 2 aromatic carbocycles. The molecule has 25 heavy (non-hydrogen) atoms. The number of hydrogen-bond acceptors (Lipinski definition) is 4. The van der Waals surface area contributed by atoms with Crippen LogP contribution in [0.3, 0.4) is 0 Å². The Kier molecular flexibility index (Phi) is 5.12. The van der Waals surface area contributed by atoms with Gasteiger partial charge in [-0.3, -0.25) is 4.79 Å². The number of fused-ring (bicyclic) bond motifs is 1. The standard InChI is InChI=1S/C20H23NO4/c1-4-23-17-7-6-16(11-13(17)2)20(22)21-14(3)15-5-8-18-19(12-15)25-10-9-24-18/h5-8,11-12,14H,4,9-10H2,1-3H3,(H,21,22)/t14-/m0/s1. The maximum absolute atomic E-state index is 12.5. The predicted molar refractivity (Wildman–Crippen MR) is 95.7 cm³/mol. The largest absolute Gasteiger partial charge is 0.494 e. The van der Waals surface area contributed by atoms with Gasteiger partial charge in [0.25, 0.3) is 5.91 Å². The molecule has 0 bridgehead atoms. The van der Waals surface area contributed by atoms with Gasteiger partial charge in [-0.2, -0.15) is 0 Å². The summed E-state index contributed by atoms with van der Waals surface area (Å²) in [5, 5.41) is 3.02. The van der Waals surface area contributed by atoms with Gasteiger partial charge in [0.05, 0.1) is 12.6 Å². The van der Waals surface area contributed by atoms with E-state index in [0.717, 1.165) is 28.4 Å². The molecule has 0 aromatic heterocycles. The minimum atomic E-state index is -0.143. The monoisotopic (exact) mass is 341 g/mol. The van der Waals surface area contributed by atoms with Crippen molar-refractivity contribution < 1.29 is 19.0 Å². The van der Waals surface area contributed by atoms with Crippen molar-refractivity contribution in [3.8, 4) is 17.2 Å². The molecule has 0 aliphatic carbocycles. The van der Waals surface area contributed by atoms with Gasteiger partial charge >= 0.3 is 0 Å². The van der Waals surface area contributed by atoms with Crippen molar-refractivity contribution in [2.45, 2.75) is 26.8 Å². The van der Waals surface area contributed by atoms with Crippen LogP contribution >= 0.6 is 0 Å². The van der Waals surface area contributed by atoms with Gasteiger partial charge in [0.15, 0.2) is 11.5 Å². The van der Waals surface area contributed by atoms with E-state index < -0.39 is 0 Å². The van der Waals surface area contributed by atoms with Crippen LogP contribution in [0.2, 0.25) is 0 Å². The molecule has 1 amide bonds. The third-order valence-electron chi connectivity index (χ3n) is 4.15. The van der Waals surface area contributed by atoms with Crippen LogP contribution < -0.4 is 19.5 Å². The van der Waals surface area contributed by atoms with E-state index in [0.29, 0.717) is 25.4 Å². The highest BCUT2D eigenvalue weighted by Crippen LogP contribution is 2.32.